The van der Waals surface area contributed by atoms with Crippen molar-refractivity contribution < 1.29 is 9.53 Å². The maximum atomic E-state index is 12.2. The van der Waals surface area contributed by atoms with Gasteiger partial charge in [-0.1, -0.05) is 54.8 Å². The first-order valence-corrected chi connectivity index (χ1v) is 9.68. The number of esters is 1. The third kappa shape index (κ3) is 5.64. The van der Waals surface area contributed by atoms with Crippen molar-refractivity contribution in [3.63, 3.8) is 0 Å². The zero-order valence-electron chi connectivity index (χ0n) is 16.4. The summed E-state index contributed by atoms with van der Waals surface area (Å²) in [7, 11) is 2.26. The topological polar surface area (TPSA) is 26.3 Å². The minimum atomic E-state index is -0.483. The van der Waals surface area contributed by atoms with E-state index in [1.165, 1.54) is 11.1 Å². The van der Waals surface area contributed by atoms with Gasteiger partial charge >= 0.3 is 5.97 Å². The molecule has 0 bridgehead atoms. The SMILES string of the molecule is B[C@H](c1ccc(Cl)cc1)[C@H](CCC)c1ccc(C(=O)OC(C)(C)C)cc1. The standard InChI is InChI=1S/C22H28BClO2/c1-5-6-19(20(23)16-11-13-18(24)14-12-16)15-7-9-17(10-8-15)21(25)26-22(2,3)4/h7-14,19-20H,5-6,23H2,1-4H3/t19-,20-/m1/s1. The average molecular weight is 371 g/mol. The van der Waals surface area contributed by atoms with Gasteiger partial charge < -0.3 is 4.74 Å². The summed E-state index contributed by atoms with van der Waals surface area (Å²) in [6.45, 7) is 7.84. The quantitative estimate of drug-likeness (QED) is 0.492. The Morgan fingerprint density at radius 3 is 2.08 bits per heavy atom. The van der Waals surface area contributed by atoms with Crippen molar-refractivity contribution in [2.45, 2.75) is 57.9 Å². The lowest BCUT2D eigenvalue weighted by Gasteiger charge is -2.25. The average Bonchev–Trinajstić information content (AvgIpc) is 2.58. The highest BCUT2D eigenvalue weighted by atomic mass is 35.5. The minimum absolute atomic E-state index is 0.276. The molecule has 0 aliphatic rings. The zero-order chi connectivity index (χ0) is 19.3. The molecule has 2 atom stereocenters. The van der Waals surface area contributed by atoms with Crippen molar-refractivity contribution in [2.24, 2.45) is 0 Å². The first-order valence-electron chi connectivity index (χ1n) is 9.30. The van der Waals surface area contributed by atoms with Gasteiger partial charge in [-0.2, -0.15) is 0 Å². The van der Waals surface area contributed by atoms with Crippen molar-refractivity contribution in [1.29, 1.82) is 0 Å². The molecule has 2 aromatic carbocycles. The largest absolute Gasteiger partial charge is 0.456 e. The number of carbonyl (C=O) groups excluding carboxylic acids is 1. The number of ether oxygens (including phenoxy) is 1. The number of carbonyl (C=O) groups is 1. The zero-order valence-corrected chi connectivity index (χ0v) is 17.1. The van der Waals surface area contributed by atoms with E-state index >= 15 is 0 Å². The van der Waals surface area contributed by atoms with E-state index in [0.717, 1.165) is 17.9 Å². The third-order valence-electron chi connectivity index (χ3n) is 4.57. The number of halogens is 1. The van der Waals surface area contributed by atoms with Gasteiger partial charge in [0, 0.05) is 5.02 Å². The van der Waals surface area contributed by atoms with Gasteiger partial charge in [-0.05, 0) is 68.8 Å². The van der Waals surface area contributed by atoms with Crippen LogP contribution in [-0.4, -0.2) is 19.4 Å². The van der Waals surface area contributed by atoms with Crippen molar-refractivity contribution in [1.82, 2.24) is 0 Å². The van der Waals surface area contributed by atoms with Crippen LogP contribution >= 0.6 is 11.6 Å². The van der Waals surface area contributed by atoms with Crippen LogP contribution in [0.3, 0.4) is 0 Å². The van der Waals surface area contributed by atoms with Crippen LogP contribution in [0.4, 0.5) is 0 Å². The summed E-state index contributed by atoms with van der Waals surface area (Å²) in [4.78, 5) is 12.2. The second-order valence-corrected chi connectivity index (χ2v) is 8.30. The fraction of sp³-hybridized carbons (Fsp3) is 0.409. The molecule has 0 spiro atoms. The molecule has 0 fully saturated rings. The summed E-state index contributed by atoms with van der Waals surface area (Å²) >= 11 is 6.02. The number of benzene rings is 2. The van der Waals surface area contributed by atoms with E-state index in [-0.39, 0.29) is 5.97 Å². The van der Waals surface area contributed by atoms with Crippen LogP contribution in [0.25, 0.3) is 0 Å². The normalized spacial score (nSPS) is 13.9. The molecule has 0 unspecified atom stereocenters. The minimum Gasteiger partial charge on any atom is -0.456 e. The predicted molar refractivity (Wildman–Crippen MR) is 112 cm³/mol. The summed E-state index contributed by atoms with van der Waals surface area (Å²) in [5, 5.41) is 0.759. The fourth-order valence-electron chi connectivity index (χ4n) is 3.22. The Morgan fingerprint density at radius 2 is 1.58 bits per heavy atom. The van der Waals surface area contributed by atoms with E-state index in [4.69, 9.17) is 16.3 Å². The second-order valence-electron chi connectivity index (χ2n) is 7.86. The Labute approximate surface area is 163 Å². The third-order valence-corrected chi connectivity index (χ3v) is 4.82. The van der Waals surface area contributed by atoms with Gasteiger partial charge in [0.25, 0.3) is 0 Å². The summed E-state index contributed by atoms with van der Waals surface area (Å²) in [5.74, 6) is 0.496. The van der Waals surface area contributed by atoms with Crippen LogP contribution < -0.4 is 0 Å². The first kappa shape index (κ1) is 20.6. The van der Waals surface area contributed by atoms with E-state index < -0.39 is 5.60 Å². The van der Waals surface area contributed by atoms with Crippen LogP contribution in [0.5, 0.6) is 0 Å². The van der Waals surface area contributed by atoms with Gasteiger partial charge in [0.1, 0.15) is 13.4 Å². The first-order chi connectivity index (χ1) is 12.2. The predicted octanol–water partition coefficient (Wildman–Crippen LogP) is 5.55. The van der Waals surface area contributed by atoms with Gasteiger partial charge in [0.15, 0.2) is 0 Å². The Bertz CT molecular complexity index is 717. The highest BCUT2D eigenvalue weighted by molar-refractivity contribution is 6.30. The summed E-state index contributed by atoms with van der Waals surface area (Å²) in [6.07, 6.45) is 2.20. The second kappa shape index (κ2) is 8.77. The van der Waals surface area contributed by atoms with Crippen LogP contribution in [-0.2, 0) is 4.74 Å². The molecule has 26 heavy (non-hydrogen) atoms. The molecule has 0 aliphatic carbocycles. The molecule has 0 N–H and O–H groups in total. The molecular formula is C22H28BClO2. The molecule has 2 rings (SSSR count). The Hall–Kier alpha value is -1.74. The summed E-state index contributed by atoms with van der Waals surface area (Å²) in [5.41, 5.74) is 2.65. The molecule has 0 saturated heterocycles. The maximum Gasteiger partial charge on any atom is 0.338 e. The lowest BCUT2D eigenvalue weighted by atomic mass is 9.68. The van der Waals surface area contributed by atoms with E-state index in [2.05, 4.69) is 39.0 Å². The lowest BCUT2D eigenvalue weighted by molar-refractivity contribution is 0.00695. The summed E-state index contributed by atoms with van der Waals surface area (Å²) < 4.78 is 5.45. The number of rotatable bonds is 6. The smallest absolute Gasteiger partial charge is 0.338 e. The van der Waals surface area contributed by atoms with Crippen LogP contribution in [0, 0.1) is 0 Å². The monoisotopic (exact) mass is 370 g/mol. The molecule has 0 heterocycles. The molecule has 2 nitrogen and oxygen atoms in total. The molecule has 0 saturated carbocycles. The van der Waals surface area contributed by atoms with Crippen LogP contribution in [0.1, 0.15) is 73.8 Å². The van der Waals surface area contributed by atoms with Gasteiger partial charge in [0.05, 0.1) is 5.56 Å². The summed E-state index contributed by atoms with van der Waals surface area (Å²) in [6, 6.07) is 16.0. The Kier molecular flexibility index (Phi) is 6.94. The molecule has 0 radical (unpaired) electrons. The molecule has 0 aliphatic heterocycles. The molecule has 0 amide bonds. The molecule has 0 aromatic heterocycles. The van der Waals surface area contributed by atoms with Crippen molar-refractivity contribution >= 4 is 25.4 Å². The maximum absolute atomic E-state index is 12.2. The van der Waals surface area contributed by atoms with E-state index in [9.17, 15) is 4.79 Å². The van der Waals surface area contributed by atoms with Gasteiger partial charge in [-0.3, -0.25) is 0 Å². The number of hydrogen-bond donors (Lipinski definition) is 0. The van der Waals surface area contributed by atoms with Gasteiger partial charge in [0.2, 0.25) is 0 Å². The molecular weight excluding hydrogens is 343 g/mol. The molecule has 2 aromatic rings. The van der Waals surface area contributed by atoms with E-state index in [1.54, 1.807) is 0 Å². The van der Waals surface area contributed by atoms with Crippen molar-refractivity contribution in [2.75, 3.05) is 0 Å². The highest BCUT2D eigenvalue weighted by Gasteiger charge is 2.22. The fourth-order valence-corrected chi connectivity index (χ4v) is 3.34. The Morgan fingerprint density at radius 1 is 1.04 bits per heavy atom. The van der Waals surface area contributed by atoms with Crippen LogP contribution in [0.15, 0.2) is 48.5 Å². The lowest BCUT2D eigenvalue weighted by Crippen LogP contribution is -2.23. The van der Waals surface area contributed by atoms with Crippen LogP contribution in [0.2, 0.25) is 5.02 Å². The molecule has 138 valence electrons. The highest BCUT2D eigenvalue weighted by Crippen LogP contribution is 2.35. The molecule has 4 heteroatoms. The van der Waals surface area contributed by atoms with Crippen molar-refractivity contribution in [3.8, 4) is 0 Å². The van der Waals surface area contributed by atoms with E-state index in [1.807, 2.05) is 45.0 Å². The van der Waals surface area contributed by atoms with E-state index in [0.29, 0.717) is 17.3 Å². The Balaban J connectivity index is 2.21. The van der Waals surface area contributed by atoms with Crippen molar-refractivity contribution in [3.05, 3.63) is 70.2 Å². The van der Waals surface area contributed by atoms with Gasteiger partial charge in [-0.15, -0.1) is 0 Å². The number of hydrogen-bond acceptors (Lipinski definition) is 2. The van der Waals surface area contributed by atoms with Gasteiger partial charge in [-0.25, -0.2) is 4.79 Å².